The second-order valence-electron chi connectivity index (χ2n) is 7.80. The molecule has 2 amide bonds. The third kappa shape index (κ3) is 3.51. The third-order valence-corrected chi connectivity index (χ3v) is 6.00. The van der Waals surface area contributed by atoms with Gasteiger partial charge in [-0.1, -0.05) is 11.6 Å². The quantitative estimate of drug-likeness (QED) is 0.448. The number of benzene rings is 2. The van der Waals surface area contributed by atoms with Crippen molar-refractivity contribution in [3.05, 3.63) is 76.7 Å². The molecular weight excluding hydrogens is 474 g/mol. The molecule has 2 aliphatic heterocycles. The van der Waals surface area contributed by atoms with Crippen molar-refractivity contribution in [3.8, 4) is 34.2 Å². The predicted octanol–water partition coefficient (Wildman–Crippen LogP) is 3.56. The minimum absolute atomic E-state index is 0.0984. The maximum absolute atomic E-state index is 12.8. The molecule has 11 heteroatoms. The number of nitrogens with one attached hydrogen (secondary N) is 1. The smallest absolute Gasteiger partial charge is 0.269 e. The van der Waals surface area contributed by atoms with Gasteiger partial charge in [0.25, 0.3) is 11.8 Å². The Hall–Kier alpha value is -4.57. The summed E-state index contributed by atoms with van der Waals surface area (Å²) in [6.45, 7) is 0.243. The number of amides is 2. The molecule has 0 saturated carbocycles. The number of carbonyl (C=O) groups excluding carboxylic acids is 2. The lowest BCUT2D eigenvalue weighted by molar-refractivity contribution is 0.0990. The molecule has 0 bridgehead atoms. The Morgan fingerprint density at radius 1 is 1.03 bits per heavy atom. The average molecular weight is 490 g/mol. The summed E-state index contributed by atoms with van der Waals surface area (Å²) in [7, 11) is 0. The molecule has 2 aromatic heterocycles. The SMILES string of the molecule is NC(=O)c1nn(-c2ccc3c(c2)OCO3)c2c1COc1ccc(NC(=O)c3ccncc3Cl)cc1-2. The van der Waals surface area contributed by atoms with E-state index >= 15 is 0 Å². The van der Waals surface area contributed by atoms with E-state index in [9.17, 15) is 9.59 Å². The number of aromatic nitrogens is 3. The van der Waals surface area contributed by atoms with Gasteiger partial charge in [-0.3, -0.25) is 14.6 Å². The van der Waals surface area contributed by atoms with Gasteiger partial charge in [-0.25, -0.2) is 4.68 Å². The van der Waals surface area contributed by atoms with Crippen molar-refractivity contribution >= 4 is 29.1 Å². The van der Waals surface area contributed by atoms with E-state index in [-0.39, 0.29) is 29.7 Å². The molecule has 6 rings (SSSR count). The summed E-state index contributed by atoms with van der Waals surface area (Å²) >= 11 is 6.11. The Kier molecular flexibility index (Phi) is 4.82. The first kappa shape index (κ1) is 21.0. The summed E-state index contributed by atoms with van der Waals surface area (Å²) in [5.74, 6) is 0.680. The maximum atomic E-state index is 12.8. The topological polar surface area (TPSA) is 131 Å². The fraction of sp³-hybridized carbons (Fsp3) is 0.0833. The zero-order valence-electron chi connectivity index (χ0n) is 17.9. The first-order chi connectivity index (χ1) is 17.0. The van der Waals surface area contributed by atoms with Crippen LogP contribution in [0.15, 0.2) is 54.9 Å². The lowest BCUT2D eigenvalue weighted by Crippen LogP contribution is -2.16. The molecule has 0 unspecified atom stereocenters. The molecule has 0 radical (unpaired) electrons. The summed E-state index contributed by atoms with van der Waals surface area (Å²) < 4.78 is 18.4. The van der Waals surface area contributed by atoms with E-state index in [0.29, 0.717) is 45.4 Å². The molecule has 2 aromatic carbocycles. The van der Waals surface area contributed by atoms with E-state index in [0.717, 1.165) is 0 Å². The number of nitrogens with zero attached hydrogens (tertiary/aromatic N) is 3. The number of pyridine rings is 1. The van der Waals surface area contributed by atoms with E-state index in [4.69, 9.17) is 31.5 Å². The minimum atomic E-state index is -0.676. The lowest BCUT2D eigenvalue weighted by atomic mass is 10.0. The van der Waals surface area contributed by atoms with E-state index < -0.39 is 11.8 Å². The number of hydrogen-bond acceptors (Lipinski definition) is 7. The molecule has 0 saturated heterocycles. The molecule has 0 spiro atoms. The van der Waals surface area contributed by atoms with E-state index in [1.165, 1.54) is 18.5 Å². The Morgan fingerprint density at radius 3 is 2.69 bits per heavy atom. The van der Waals surface area contributed by atoms with Crippen molar-refractivity contribution in [2.75, 3.05) is 12.1 Å². The van der Waals surface area contributed by atoms with Gasteiger partial charge >= 0.3 is 0 Å². The Balaban J connectivity index is 1.46. The number of hydrogen-bond donors (Lipinski definition) is 2. The molecule has 2 aliphatic rings. The van der Waals surface area contributed by atoms with Crippen LogP contribution < -0.4 is 25.3 Å². The van der Waals surface area contributed by atoms with Crippen molar-refractivity contribution in [1.82, 2.24) is 14.8 Å². The predicted molar refractivity (Wildman–Crippen MR) is 125 cm³/mol. The van der Waals surface area contributed by atoms with E-state index in [2.05, 4.69) is 15.4 Å². The van der Waals surface area contributed by atoms with Gasteiger partial charge in [-0.2, -0.15) is 5.10 Å². The number of ether oxygens (including phenoxy) is 3. The minimum Gasteiger partial charge on any atom is -0.488 e. The van der Waals surface area contributed by atoms with Crippen LogP contribution in [0.4, 0.5) is 5.69 Å². The van der Waals surface area contributed by atoms with Crippen LogP contribution in [0, 0.1) is 0 Å². The monoisotopic (exact) mass is 489 g/mol. The fourth-order valence-corrected chi connectivity index (χ4v) is 4.30. The highest BCUT2D eigenvalue weighted by molar-refractivity contribution is 6.34. The fourth-order valence-electron chi connectivity index (χ4n) is 4.09. The van der Waals surface area contributed by atoms with Crippen LogP contribution in [-0.2, 0) is 6.61 Å². The highest BCUT2D eigenvalue weighted by atomic mass is 35.5. The summed E-state index contributed by atoms with van der Waals surface area (Å²) in [6, 6.07) is 12.1. The molecular formula is C24H16ClN5O5. The van der Waals surface area contributed by atoms with Crippen LogP contribution in [0.25, 0.3) is 16.9 Å². The number of fused-ring (bicyclic) bond motifs is 4. The van der Waals surface area contributed by atoms with Crippen LogP contribution in [0.5, 0.6) is 17.2 Å². The van der Waals surface area contributed by atoms with E-state index in [1.807, 2.05) is 0 Å². The normalized spacial score (nSPS) is 12.9. The summed E-state index contributed by atoms with van der Waals surface area (Å²) in [5.41, 5.74) is 8.95. The highest BCUT2D eigenvalue weighted by Gasteiger charge is 2.30. The van der Waals surface area contributed by atoms with Gasteiger partial charge in [0, 0.05) is 35.3 Å². The lowest BCUT2D eigenvalue weighted by Gasteiger charge is -2.21. The second kappa shape index (κ2) is 8.03. The Morgan fingerprint density at radius 2 is 1.86 bits per heavy atom. The van der Waals surface area contributed by atoms with Gasteiger partial charge in [0.15, 0.2) is 17.2 Å². The molecule has 0 aliphatic carbocycles. The van der Waals surface area contributed by atoms with Crippen molar-refractivity contribution in [1.29, 1.82) is 0 Å². The molecule has 35 heavy (non-hydrogen) atoms. The summed E-state index contributed by atoms with van der Waals surface area (Å²) in [5, 5.41) is 7.56. The average Bonchev–Trinajstić information content (AvgIpc) is 3.48. The number of nitrogens with two attached hydrogens (primary N) is 1. The van der Waals surface area contributed by atoms with Gasteiger partial charge in [-0.15, -0.1) is 0 Å². The van der Waals surface area contributed by atoms with Gasteiger partial charge < -0.3 is 25.3 Å². The van der Waals surface area contributed by atoms with Crippen LogP contribution in [0.1, 0.15) is 26.4 Å². The van der Waals surface area contributed by atoms with Crippen LogP contribution in [0.2, 0.25) is 5.02 Å². The third-order valence-electron chi connectivity index (χ3n) is 5.70. The van der Waals surface area contributed by atoms with Gasteiger partial charge in [-0.05, 0) is 36.4 Å². The largest absolute Gasteiger partial charge is 0.488 e. The molecule has 0 atom stereocenters. The number of anilines is 1. The molecule has 10 nitrogen and oxygen atoms in total. The first-order valence-corrected chi connectivity index (χ1v) is 10.9. The number of halogens is 1. The molecule has 0 fully saturated rings. The zero-order chi connectivity index (χ0) is 24.1. The van der Waals surface area contributed by atoms with Gasteiger partial charge in [0.1, 0.15) is 12.4 Å². The highest BCUT2D eigenvalue weighted by Crippen LogP contribution is 2.43. The summed E-state index contributed by atoms with van der Waals surface area (Å²) in [6.07, 6.45) is 2.89. The van der Waals surface area contributed by atoms with Crippen molar-refractivity contribution in [3.63, 3.8) is 0 Å². The first-order valence-electron chi connectivity index (χ1n) is 10.5. The molecule has 3 N–H and O–H groups in total. The van der Waals surface area contributed by atoms with Crippen LogP contribution >= 0.6 is 11.6 Å². The molecule has 174 valence electrons. The number of primary amides is 1. The number of rotatable bonds is 4. The maximum Gasteiger partial charge on any atom is 0.269 e. The van der Waals surface area contributed by atoms with Crippen LogP contribution in [0.3, 0.4) is 0 Å². The van der Waals surface area contributed by atoms with Gasteiger partial charge in [0.2, 0.25) is 6.79 Å². The van der Waals surface area contributed by atoms with E-state index in [1.54, 1.807) is 41.1 Å². The molecule has 4 aromatic rings. The Bertz CT molecular complexity index is 1530. The Labute approximate surface area is 203 Å². The van der Waals surface area contributed by atoms with Crippen molar-refractivity contribution < 1.29 is 23.8 Å². The zero-order valence-corrected chi connectivity index (χ0v) is 18.7. The molecule has 4 heterocycles. The standard InChI is InChI=1S/C24H16ClN5O5/c25-17-9-27-6-5-14(17)24(32)28-12-1-3-18-15(7-12)22-16(10-33-18)21(23(26)31)29-30(22)13-2-4-19-20(8-13)35-11-34-19/h1-9H,10-11H2,(H2,26,31)(H,28,32). The second-order valence-corrected chi connectivity index (χ2v) is 8.21. The number of carbonyl (C=O) groups is 2. The van der Waals surface area contributed by atoms with Crippen molar-refractivity contribution in [2.45, 2.75) is 6.61 Å². The van der Waals surface area contributed by atoms with Crippen LogP contribution in [-0.4, -0.2) is 33.4 Å². The summed E-state index contributed by atoms with van der Waals surface area (Å²) in [4.78, 5) is 28.9. The van der Waals surface area contributed by atoms with Crippen molar-refractivity contribution in [2.24, 2.45) is 5.73 Å². The van der Waals surface area contributed by atoms with Gasteiger partial charge in [0.05, 0.1) is 22.0 Å².